The van der Waals surface area contributed by atoms with E-state index in [1.807, 2.05) is 4.72 Å². The molecule has 0 radical (unpaired) electrons. The molecule has 166 valence electrons. The average molecular weight is 477 g/mol. The van der Waals surface area contributed by atoms with Gasteiger partial charge in [-0.15, -0.1) is 0 Å². The Kier molecular flexibility index (Phi) is 6.85. The highest BCUT2D eigenvalue weighted by atomic mass is 32.2. The Morgan fingerprint density at radius 1 is 0.767 bits per heavy atom. The van der Waals surface area contributed by atoms with Gasteiger partial charge in [0.25, 0.3) is 10.1 Å². The smallest absolute Gasteiger partial charge is 0.265 e. The first-order chi connectivity index (χ1) is 13.6. The van der Waals surface area contributed by atoms with Crippen LogP contribution in [0.4, 0.5) is 26.3 Å². The van der Waals surface area contributed by atoms with Crippen molar-refractivity contribution >= 4 is 20.1 Å². The lowest BCUT2D eigenvalue weighted by molar-refractivity contribution is -0.138. The van der Waals surface area contributed by atoms with Crippen LogP contribution in [0.2, 0.25) is 0 Å². The van der Waals surface area contributed by atoms with Crippen molar-refractivity contribution in [1.29, 1.82) is 0 Å². The van der Waals surface area contributed by atoms with Crippen LogP contribution in [0.1, 0.15) is 11.1 Å². The van der Waals surface area contributed by atoms with Crippen molar-refractivity contribution in [2.24, 2.45) is 0 Å². The Balaban J connectivity index is 2.04. The van der Waals surface area contributed by atoms with Gasteiger partial charge in [-0.1, -0.05) is 12.1 Å². The normalized spacial score (nSPS) is 13.4. The second kappa shape index (κ2) is 8.53. The van der Waals surface area contributed by atoms with E-state index in [1.165, 1.54) is 0 Å². The molecule has 0 aliphatic rings. The largest absolute Gasteiger partial charge is 0.416 e. The first-order valence-corrected chi connectivity index (χ1v) is 10.8. The lowest BCUT2D eigenvalue weighted by Crippen LogP contribution is -2.28. The van der Waals surface area contributed by atoms with E-state index in [0.29, 0.717) is 24.3 Å². The summed E-state index contributed by atoms with van der Waals surface area (Å²) < 4.78 is 130. The van der Waals surface area contributed by atoms with Crippen molar-refractivity contribution in [3.05, 3.63) is 59.7 Å². The quantitative estimate of drug-likeness (QED) is 0.375. The Morgan fingerprint density at radius 3 is 1.73 bits per heavy atom. The third-order valence-corrected chi connectivity index (χ3v) is 6.32. The fourth-order valence-electron chi connectivity index (χ4n) is 2.15. The molecule has 0 atom stereocenters. The number of hydrogen-bond donors (Lipinski definition) is 1. The zero-order valence-electron chi connectivity index (χ0n) is 14.7. The summed E-state index contributed by atoms with van der Waals surface area (Å²) in [4.78, 5) is -1.50. The maximum absolute atomic E-state index is 12.7. The number of nitrogens with one attached hydrogen (secondary N) is 1. The molecule has 2 aromatic rings. The highest BCUT2D eigenvalue weighted by Crippen LogP contribution is 2.31. The van der Waals surface area contributed by atoms with Gasteiger partial charge >= 0.3 is 12.4 Å². The molecule has 6 nitrogen and oxygen atoms in total. The van der Waals surface area contributed by atoms with Crippen LogP contribution < -0.4 is 4.72 Å². The summed E-state index contributed by atoms with van der Waals surface area (Å²) in [6.45, 7) is -1.48. The second-order valence-electron chi connectivity index (χ2n) is 5.73. The van der Waals surface area contributed by atoms with Crippen molar-refractivity contribution < 1.29 is 47.4 Å². The standard InChI is InChI=1S/C16H13F6NO5S2/c17-15(18,19)11-3-1-5-13(9-11)29(24,25)23-7-8-28-30(26,27)14-6-2-4-12(10-14)16(20,21)22/h1-6,9-10,23H,7-8H2. The summed E-state index contributed by atoms with van der Waals surface area (Å²) in [5.41, 5.74) is -2.42. The van der Waals surface area contributed by atoms with Gasteiger partial charge in [-0.25, -0.2) is 13.1 Å². The summed E-state index contributed by atoms with van der Waals surface area (Å²) in [6.07, 6.45) is -9.56. The van der Waals surface area contributed by atoms with Gasteiger partial charge in [-0.05, 0) is 36.4 Å². The fraction of sp³-hybridized carbons (Fsp3) is 0.250. The first kappa shape index (κ1) is 24.1. The monoisotopic (exact) mass is 477 g/mol. The molecule has 0 aromatic heterocycles. The van der Waals surface area contributed by atoms with Crippen LogP contribution >= 0.6 is 0 Å². The van der Waals surface area contributed by atoms with Gasteiger partial charge in [0.15, 0.2) is 0 Å². The molecule has 2 rings (SSSR count). The molecular formula is C16H13F6NO5S2. The molecular weight excluding hydrogens is 464 g/mol. The minimum atomic E-state index is -4.79. The van der Waals surface area contributed by atoms with Gasteiger partial charge in [0.1, 0.15) is 0 Å². The predicted octanol–water partition coefficient (Wildman–Crippen LogP) is 3.41. The van der Waals surface area contributed by atoms with E-state index in [2.05, 4.69) is 4.18 Å². The summed E-state index contributed by atoms with van der Waals surface area (Å²) in [5, 5.41) is 0. The van der Waals surface area contributed by atoms with E-state index in [0.717, 1.165) is 24.3 Å². The van der Waals surface area contributed by atoms with Gasteiger partial charge in [0.05, 0.1) is 27.5 Å². The van der Waals surface area contributed by atoms with Crippen LogP contribution in [0.25, 0.3) is 0 Å². The highest BCUT2D eigenvalue weighted by molar-refractivity contribution is 7.89. The molecule has 0 saturated carbocycles. The minimum absolute atomic E-state index is 0.349. The van der Waals surface area contributed by atoms with Crippen LogP contribution in [0.3, 0.4) is 0 Å². The van der Waals surface area contributed by atoms with Gasteiger partial charge in [0, 0.05) is 6.54 Å². The highest BCUT2D eigenvalue weighted by Gasteiger charge is 2.32. The molecule has 0 spiro atoms. The van der Waals surface area contributed by atoms with Crippen LogP contribution in [0.5, 0.6) is 0 Å². The number of halogens is 6. The molecule has 0 amide bonds. The van der Waals surface area contributed by atoms with E-state index < -0.39 is 66.6 Å². The van der Waals surface area contributed by atoms with Gasteiger partial charge in [-0.2, -0.15) is 34.8 Å². The third kappa shape index (κ3) is 6.17. The molecule has 0 bridgehead atoms. The van der Waals surface area contributed by atoms with Crippen molar-refractivity contribution in [3.8, 4) is 0 Å². The van der Waals surface area contributed by atoms with E-state index >= 15 is 0 Å². The fourth-order valence-corrected chi connectivity index (χ4v) is 4.16. The summed E-state index contributed by atoms with van der Waals surface area (Å²) >= 11 is 0. The van der Waals surface area contributed by atoms with Crippen LogP contribution in [0.15, 0.2) is 58.3 Å². The summed E-state index contributed by atoms with van der Waals surface area (Å²) in [5.74, 6) is 0. The molecule has 30 heavy (non-hydrogen) atoms. The Bertz CT molecular complexity index is 1020. The number of benzene rings is 2. The van der Waals surface area contributed by atoms with Gasteiger partial charge in [0.2, 0.25) is 10.0 Å². The lowest BCUT2D eigenvalue weighted by atomic mass is 10.2. The molecule has 0 unspecified atom stereocenters. The van der Waals surface area contributed by atoms with Crippen molar-refractivity contribution in [1.82, 2.24) is 4.72 Å². The third-order valence-electron chi connectivity index (χ3n) is 3.55. The molecule has 14 heteroatoms. The molecule has 0 aliphatic heterocycles. The van der Waals surface area contributed by atoms with E-state index in [-0.39, 0.29) is 0 Å². The molecule has 0 fully saturated rings. The van der Waals surface area contributed by atoms with Crippen LogP contribution in [0, 0.1) is 0 Å². The topological polar surface area (TPSA) is 89.5 Å². The molecule has 0 aliphatic carbocycles. The molecule has 0 heterocycles. The van der Waals surface area contributed by atoms with Crippen molar-refractivity contribution in [2.45, 2.75) is 22.1 Å². The first-order valence-electron chi connectivity index (χ1n) is 7.86. The van der Waals surface area contributed by atoms with Crippen molar-refractivity contribution in [2.75, 3.05) is 13.2 Å². The SMILES string of the molecule is O=S(=O)(NCCOS(=O)(=O)c1cccc(C(F)(F)F)c1)c1cccc(C(F)(F)F)c1. The predicted molar refractivity (Wildman–Crippen MR) is 91.2 cm³/mol. The number of hydrogen-bond acceptors (Lipinski definition) is 5. The van der Waals surface area contributed by atoms with E-state index in [1.54, 1.807) is 0 Å². The zero-order chi connectivity index (χ0) is 22.8. The zero-order valence-corrected chi connectivity index (χ0v) is 16.3. The minimum Gasteiger partial charge on any atom is -0.265 e. The Hall–Kier alpha value is -2.16. The van der Waals surface area contributed by atoms with Crippen LogP contribution in [-0.4, -0.2) is 30.0 Å². The van der Waals surface area contributed by atoms with E-state index in [9.17, 15) is 43.2 Å². The summed E-state index contributed by atoms with van der Waals surface area (Å²) in [6, 6.07) is 5.56. The maximum Gasteiger partial charge on any atom is 0.416 e. The number of sulfonamides is 1. The number of rotatable bonds is 7. The van der Waals surface area contributed by atoms with Gasteiger partial charge < -0.3 is 0 Å². The lowest BCUT2D eigenvalue weighted by Gasteiger charge is -2.11. The van der Waals surface area contributed by atoms with Crippen LogP contribution in [-0.2, 0) is 36.7 Å². The average Bonchev–Trinajstić information content (AvgIpc) is 2.64. The molecule has 0 saturated heterocycles. The number of alkyl halides is 6. The Morgan fingerprint density at radius 2 is 1.23 bits per heavy atom. The molecule has 1 N–H and O–H groups in total. The second-order valence-corrected chi connectivity index (χ2v) is 9.11. The van der Waals surface area contributed by atoms with E-state index in [4.69, 9.17) is 0 Å². The van der Waals surface area contributed by atoms with Gasteiger partial charge in [-0.3, -0.25) is 4.18 Å². The maximum atomic E-state index is 12.7. The Labute approximate surface area is 167 Å². The van der Waals surface area contributed by atoms with Crippen molar-refractivity contribution in [3.63, 3.8) is 0 Å². The molecule has 2 aromatic carbocycles. The summed E-state index contributed by atoms with van der Waals surface area (Å²) in [7, 11) is -9.06.